The summed E-state index contributed by atoms with van der Waals surface area (Å²) in [5.74, 6) is 0.934. The fourth-order valence-corrected chi connectivity index (χ4v) is 1.79. The fraction of sp³-hybridized carbons (Fsp3) is 0.312. The predicted octanol–water partition coefficient (Wildman–Crippen LogP) is 3.17. The van der Waals surface area contributed by atoms with Gasteiger partial charge in [0.1, 0.15) is 23.4 Å². The second-order valence-corrected chi connectivity index (χ2v) is 5.67. The molecule has 1 aromatic heterocycles. The standard InChI is InChI=1S/C16H20N2O3/c1-16(2,3)21-14-7-5-4-6-13(14)18-15(19)11-8-12(9-17)20-10-11/h4-8,10H,9,17H2,1-3H3,(H,18,19). The van der Waals surface area contributed by atoms with Crippen molar-refractivity contribution in [1.29, 1.82) is 0 Å². The van der Waals surface area contributed by atoms with E-state index in [-0.39, 0.29) is 18.1 Å². The molecule has 112 valence electrons. The summed E-state index contributed by atoms with van der Waals surface area (Å²) in [7, 11) is 0. The van der Waals surface area contributed by atoms with Crippen LogP contribution in [0.3, 0.4) is 0 Å². The van der Waals surface area contributed by atoms with Gasteiger partial charge in [0.05, 0.1) is 17.8 Å². The van der Waals surface area contributed by atoms with Gasteiger partial charge in [-0.15, -0.1) is 0 Å². The number of carbonyl (C=O) groups excluding carboxylic acids is 1. The third-order valence-corrected chi connectivity index (χ3v) is 2.67. The molecule has 2 aromatic rings. The first kappa shape index (κ1) is 15.1. The van der Waals surface area contributed by atoms with Crippen LogP contribution in [0.15, 0.2) is 41.0 Å². The Bertz CT molecular complexity index is 626. The zero-order valence-electron chi connectivity index (χ0n) is 12.5. The van der Waals surface area contributed by atoms with E-state index < -0.39 is 0 Å². The summed E-state index contributed by atoms with van der Waals surface area (Å²) in [5, 5.41) is 2.82. The Kier molecular flexibility index (Phi) is 4.33. The van der Waals surface area contributed by atoms with Crippen LogP contribution in [-0.4, -0.2) is 11.5 Å². The summed E-state index contributed by atoms with van der Waals surface area (Å²) in [4.78, 5) is 12.2. The lowest BCUT2D eigenvalue weighted by molar-refractivity contribution is 0.102. The van der Waals surface area contributed by atoms with E-state index in [0.29, 0.717) is 22.8 Å². The van der Waals surface area contributed by atoms with Gasteiger partial charge in [-0.1, -0.05) is 12.1 Å². The van der Waals surface area contributed by atoms with E-state index in [9.17, 15) is 4.79 Å². The minimum atomic E-state index is -0.344. The molecule has 5 nitrogen and oxygen atoms in total. The molecule has 0 radical (unpaired) electrons. The minimum absolute atomic E-state index is 0.261. The number of nitrogens with two attached hydrogens (primary N) is 1. The highest BCUT2D eigenvalue weighted by molar-refractivity contribution is 6.04. The number of carbonyl (C=O) groups is 1. The van der Waals surface area contributed by atoms with E-state index in [4.69, 9.17) is 14.9 Å². The number of ether oxygens (including phenoxy) is 1. The zero-order valence-corrected chi connectivity index (χ0v) is 12.5. The van der Waals surface area contributed by atoms with Gasteiger partial charge >= 0.3 is 0 Å². The van der Waals surface area contributed by atoms with Crippen molar-refractivity contribution in [3.63, 3.8) is 0 Å². The molecule has 1 amide bonds. The number of benzene rings is 1. The highest BCUT2D eigenvalue weighted by Gasteiger charge is 2.16. The van der Waals surface area contributed by atoms with Crippen molar-refractivity contribution in [3.8, 4) is 5.75 Å². The van der Waals surface area contributed by atoms with Crippen LogP contribution in [-0.2, 0) is 6.54 Å². The van der Waals surface area contributed by atoms with Crippen molar-refractivity contribution >= 4 is 11.6 Å². The fourth-order valence-electron chi connectivity index (χ4n) is 1.79. The van der Waals surface area contributed by atoms with Gasteiger partial charge in [0.2, 0.25) is 0 Å². The number of amides is 1. The second-order valence-electron chi connectivity index (χ2n) is 5.67. The number of hydrogen-bond donors (Lipinski definition) is 2. The van der Waals surface area contributed by atoms with Crippen molar-refractivity contribution in [3.05, 3.63) is 47.9 Å². The van der Waals surface area contributed by atoms with Crippen LogP contribution in [0.5, 0.6) is 5.75 Å². The molecule has 2 rings (SSSR count). The van der Waals surface area contributed by atoms with Gasteiger partial charge in [-0.2, -0.15) is 0 Å². The number of hydrogen-bond acceptors (Lipinski definition) is 4. The Hall–Kier alpha value is -2.27. The Morgan fingerprint density at radius 2 is 2.05 bits per heavy atom. The molecule has 0 bridgehead atoms. The first-order valence-electron chi connectivity index (χ1n) is 6.76. The topological polar surface area (TPSA) is 77.5 Å². The molecule has 1 aromatic carbocycles. The van der Waals surface area contributed by atoms with Crippen molar-refractivity contribution < 1.29 is 13.9 Å². The van der Waals surface area contributed by atoms with Crippen molar-refractivity contribution in [2.24, 2.45) is 5.73 Å². The minimum Gasteiger partial charge on any atom is -0.486 e. The van der Waals surface area contributed by atoms with Crippen LogP contribution in [0.2, 0.25) is 0 Å². The highest BCUT2D eigenvalue weighted by Crippen LogP contribution is 2.28. The SMILES string of the molecule is CC(C)(C)Oc1ccccc1NC(=O)c1coc(CN)c1. The molecule has 0 spiro atoms. The van der Waals surface area contributed by atoms with Gasteiger partial charge < -0.3 is 20.2 Å². The average Bonchev–Trinajstić information content (AvgIpc) is 2.88. The number of furan rings is 1. The summed E-state index contributed by atoms with van der Waals surface area (Å²) in [5.41, 5.74) is 6.17. The van der Waals surface area contributed by atoms with Crippen molar-refractivity contribution in [1.82, 2.24) is 0 Å². The van der Waals surface area contributed by atoms with Crippen LogP contribution >= 0.6 is 0 Å². The maximum absolute atomic E-state index is 12.2. The van der Waals surface area contributed by atoms with Gasteiger partial charge in [-0.05, 0) is 39.0 Å². The van der Waals surface area contributed by atoms with Crippen LogP contribution < -0.4 is 15.8 Å². The van der Waals surface area contributed by atoms with Gasteiger partial charge in [0.15, 0.2) is 0 Å². The van der Waals surface area contributed by atoms with Gasteiger partial charge in [-0.25, -0.2) is 0 Å². The number of anilines is 1. The summed E-state index contributed by atoms with van der Waals surface area (Å²) in [6.45, 7) is 6.12. The molecule has 0 saturated carbocycles. The van der Waals surface area contributed by atoms with E-state index in [1.807, 2.05) is 39.0 Å². The molecular formula is C16H20N2O3. The number of rotatable bonds is 4. The lowest BCUT2D eigenvalue weighted by Crippen LogP contribution is -2.24. The molecule has 0 unspecified atom stereocenters. The molecule has 0 saturated heterocycles. The first-order chi connectivity index (χ1) is 9.89. The van der Waals surface area contributed by atoms with E-state index in [0.717, 1.165) is 0 Å². The Balaban J connectivity index is 2.17. The predicted molar refractivity (Wildman–Crippen MR) is 81.4 cm³/mol. The summed E-state index contributed by atoms with van der Waals surface area (Å²) in [6, 6.07) is 8.94. The summed E-state index contributed by atoms with van der Waals surface area (Å²) < 4.78 is 11.0. The quantitative estimate of drug-likeness (QED) is 0.906. The van der Waals surface area contributed by atoms with Crippen molar-refractivity contribution in [2.45, 2.75) is 32.9 Å². The van der Waals surface area contributed by atoms with Crippen LogP contribution in [0, 0.1) is 0 Å². The molecule has 0 aliphatic heterocycles. The number of nitrogens with one attached hydrogen (secondary N) is 1. The average molecular weight is 288 g/mol. The monoisotopic (exact) mass is 288 g/mol. The highest BCUT2D eigenvalue weighted by atomic mass is 16.5. The Morgan fingerprint density at radius 1 is 1.33 bits per heavy atom. The molecule has 1 heterocycles. The molecule has 3 N–H and O–H groups in total. The van der Waals surface area contributed by atoms with Gasteiger partial charge in [0, 0.05) is 0 Å². The smallest absolute Gasteiger partial charge is 0.259 e. The van der Waals surface area contributed by atoms with E-state index in [1.54, 1.807) is 12.1 Å². The summed E-state index contributed by atoms with van der Waals surface area (Å²) in [6.07, 6.45) is 1.39. The first-order valence-corrected chi connectivity index (χ1v) is 6.76. The maximum atomic E-state index is 12.2. The Labute approximate surface area is 124 Å². The van der Waals surface area contributed by atoms with Crippen LogP contribution in [0.25, 0.3) is 0 Å². The van der Waals surface area contributed by atoms with Gasteiger partial charge in [-0.3, -0.25) is 4.79 Å². The van der Waals surface area contributed by atoms with Gasteiger partial charge in [0.25, 0.3) is 5.91 Å². The molecule has 5 heteroatoms. The summed E-state index contributed by atoms with van der Waals surface area (Å²) >= 11 is 0. The van der Waals surface area contributed by atoms with E-state index >= 15 is 0 Å². The number of para-hydroxylation sites is 2. The molecule has 0 aliphatic rings. The largest absolute Gasteiger partial charge is 0.486 e. The lowest BCUT2D eigenvalue weighted by Gasteiger charge is -2.23. The molecule has 21 heavy (non-hydrogen) atoms. The van der Waals surface area contributed by atoms with Crippen molar-refractivity contribution in [2.75, 3.05) is 5.32 Å². The third kappa shape index (κ3) is 4.10. The normalized spacial score (nSPS) is 11.2. The van der Waals surface area contributed by atoms with E-state index in [1.165, 1.54) is 6.26 Å². The zero-order chi connectivity index (χ0) is 15.5. The Morgan fingerprint density at radius 3 is 2.67 bits per heavy atom. The molecule has 0 atom stereocenters. The van der Waals surface area contributed by atoms with Crippen LogP contribution in [0.1, 0.15) is 36.9 Å². The third-order valence-electron chi connectivity index (χ3n) is 2.67. The van der Waals surface area contributed by atoms with Crippen LogP contribution in [0.4, 0.5) is 5.69 Å². The lowest BCUT2D eigenvalue weighted by atomic mass is 10.2. The maximum Gasteiger partial charge on any atom is 0.259 e. The molecule has 0 aliphatic carbocycles. The van der Waals surface area contributed by atoms with E-state index in [2.05, 4.69) is 5.32 Å². The molecule has 0 fully saturated rings. The molecular weight excluding hydrogens is 268 g/mol. The second kappa shape index (κ2) is 6.01.